The SMILES string of the molecule is CCC(Nc1cnc(C#N)cn1)c1cccc(Cl)c1. The Morgan fingerprint density at radius 1 is 1.37 bits per heavy atom. The number of aromatic nitrogens is 2. The molecule has 2 aromatic rings. The van der Waals surface area contributed by atoms with Crippen LogP contribution in [0.5, 0.6) is 0 Å². The van der Waals surface area contributed by atoms with E-state index in [1.165, 1.54) is 6.20 Å². The summed E-state index contributed by atoms with van der Waals surface area (Å²) < 4.78 is 0. The first kappa shape index (κ1) is 13.3. The van der Waals surface area contributed by atoms with Gasteiger partial charge in [0, 0.05) is 5.02 Å². The summed E-state index contributed by atoms with van der Waals surface area (Å²) in [5.41, 5.74) is 1.41. The molecule has 1 aromatic heterocycles. The van der Waals surface area contributed by atoms with Crippen LogP contribution in [-0.2, 0) is 0 Å². The van der Waals surface area contributed by atoms with Gasteiger partial charge in [-0.3, -0.25) is 0 Å². The summed E-state index contributed by atoms with van der Waals surface area (Å²) in [6, 6.07) is 9.77. The summed E-state index contributed by atoms with van der Waals surface area (Å²) in [6.45, 7) is 2.08. The van der Waals surface area contributed by atoms with Crippen molar-refractivity contribution in [1.29, 1.82) is 5.26 Å². The zero-order valence-corrected chi connectivity index (χ0v) is 11.2. The molecule has 5 heteroatoms. The van der Waals surface area contributed by atoms with Crippen LogP contribution in [0.25, 0.3) is 0 Å². The van der Waals surface area contributed by atoms with E-state index in [4.69, 9.17) is 16.9 Å². The highest BCUT2D eigenvalue weighted by molar-refractivity contribution is 6.30. The fraction of sp³-hybridized carbons (Fsp3) is 0.214. The zero-order valence-electron chi connectivity index (χ0n) is 10.5. The molecule has 1 unspecified atom stereocenters. The normalized spacial score (nSPS) is 11.6. The highest BCUT2D eigenvalue weighted by Gasteiger charge is 2.10. The van der Waals surface area contributed by atoms with Crippen LogP contribution in [0.3, 0.4) is 0 Å². The van der Waals surface area contributed by atoms with E-state index in [1.807, 2.05) is 30.3 Å². The number of halogens is 1. The van der Waals surface area contributed by atoms with E-state index in [0.29, 0.717) is 16.5 Å². The third-order valence-electron chi connectivity index (χ3n) is 2.75. The lowest BCUT2D eigenvalue weighted by molar-refractivity contribution is 0.743. The predicted molar refractivity (Wildman–Crippen MR) is 74.9 cm³/mol. The Bertz CT molecular complexity index is 589. The second-order valence-electron chi connectivity index (χ2n) is 4.06. The molecule has 0 amide bonds. The summed E-state index contributed by atoms with van der Waals surface area (Å²) >= 11 is 6.00. The van der Waals surface area contributed by atoms with Gasteiger partial charge < -0.3 is 5.32 Å². The van der Waals surface area contributed by atoms with Crippen LogP contribution in [0.4, 0.5) is 5.82 Å². The number of anilines is 1. The molecule has 0 fully saturated rings. The van der Waals surface area contributed by atoms with Crippen LogP contribution < -0.4 is 5.32 Å². The third-order valence-corrected chi connectivity index (χ3v) is 2.98. The van der Waals surface area contributed by atoms with Gasteiger partial charge in [-0.15, -0.1) is 0 Å². The van der Waals surface area contributed by atoms with E-state index in [1.54, 1.807) is 6.20 Å². The standard InChI is InChI=1S/C14H13ClN4/c1-2-13(10-4-3-5-11(15)6-10)19-14-9-17-12(7-16)8-18-14/h3-6,8-9,13H,2H2,1H3,(H,18,19). The molecule has 0 aliphatic heterocycles. The number of rotatable bonds is 4. The minimum Gasteiger partial charge on any atom is -0.362 e. The van der Waals surface area contributed by atoms with Crippen LogP contribution in [0.15, 0.2) is 36.7 Å². The lowest BCUT2D eigenvalue weighted by Crippen LogP contribution is -2.11. The Labute approximate surface area is 117 Å². The summed E-state index contributed by atoms with van der Waals surface area (Å²) in [6.07, 6.45) is 3.90. The number of hydrogen-bond donors (Lipinski definition) is 1. The number of nitrogens with zero attached hydrogens (tertiary/aromatic N) is 3. The molecule has 1 N–H and O–H groups in total. The van der Waals surface area contributed by atoms with Crippen LogP contribution >= 0.6 is 11.6 Å². The molecular weight excluding hydrogens is 260 g/mol. The van der Waals surface area contributed by atoms with Gasteiger partial charge in [-0.05, 0) is 24.1 Å². The van der Waals surface area contributed by atoms with Gasteiger partial charge in [0.05, 0.1) is 18.4 Å². The van der Waals surface area contributed by atoms with Crippen LogP contribution in [0.1, 0.15) is 30.6 Å². The second-order valence-corrected chi connectivity index (χ2v) is 4.50. The largest absolute Gasteiger partial charge is 0.362 e. The summed E-state index contributed by atoms with van der Waals surface area (Å²) in [5, 5.41) is 12.7. The Kier molecular flexibility index (Phi) is 4.32. The topological polar surface area (TPSA) is 61.6 Å². The molecule has 19 heavy (non-hydrogen) atoms. The molecular formula is C14H13ClN4. The van der Waals surface area contributed by atoms with Crippen LogP contribution in [0, 0.1) is 11.3 Å². The molecule has 0 spiro atoms. The van der Waals surface area contributed by atoms with Crippen molar-refractivity contribution < 1.29 is 0 Å². The molecule has 96 valence electrons. The average Bonchev–Trinajstić information content (AvgIpc) is 2.45. The number of hydrogen-bond acceptors (Lipinski definition) is 4. The van der Waals surface area contributed by atoms with Crippen molar-refractivity contribution in [2.24, 2.45) is 0 Å². The van der Waals surface area contributed by atoms with E-state index in [9.17, 15) is 0 Å². The lowest BCUT2D eigenvalue weighted by Gasteiger charge is -2.18. The molecule has 0 saturated carbocycles. The van der Waals surface area contributed by atoms with Crippen molar-refractivity contribution in [1.82, 2.24) is 9.97 Å². The molecule has 0 saturated heterocycles. The Balaban J connectivity index is 2.17. The second kappa shape index (κ2) is 6.17. The summed E-state index contributed by atoms with van der Waals surface area (Å²) in [7, 11) is 0. The Morgan fingerprint density at radius 2 is 2.21 bits per heavy atom. The van der Waals surface area contributed by atoms with Crippen molar-refractivity contribution in [3.63, 3.8) is 0 Å². The van der Waals surface area contributed by atoms with E-state index in [0.717, 1.165) is 12.0 Å². The first-order valence-electron chi connectivity index (χ1n) is 5.97. The van der Waals surface area contributed by atoms with E-state index >= 15 is 0 Å². The molecule has 1 aromatic carbocycles. The monoisotopic (exact) mass is 272 g/mol. The molecule has 0 radical (unpaired) electrons. The maximum absolute atomic E-state index is 8.68. The fourth-order valence-electron chi connectivity index (χ4n) is 1.78. The molecule has 2 rings (SSSR count). The van der Waals surface area contributed by atoms with E-state index < -0.39 is 0 Å². The summed E-state index contributed by atoms with van der Waals surface area (Å²) in [4.78, 5) is 8.14. The quantitative estimate of drug-likeness (QED) is 0.924. The maximum atomic E-state index is 8.68. The molecule has 4 nitrogen and oxygen atoms in total. The minimum absolute atomic E-state index is 0.112. The van der Waals surface area contributed by atoms with Gasteiger partial charge in [-0.1, -0.05) is 30.7 Å². The number of benzene rings is 1. The number of nitrogens with one attached hydrogen (secondary N) is 1. The van der Waals surface area contributed by atoms with E-state index in [2.05, 4.69) is 22.2 Å². The first-order valence-corrected chi connectivity index (χ1v) is 6.35. The molecule has 0 bridgehead atoms. The predicted octanol–water partition coefficient (Wildman–Crippen LogP) is 3.56. The number of nitriles is 1. The van der Waals surface area contributed by atoms with Crippen molar-refractivity contribution in [2.45, 2.75) is 19.4 Å². The molecule has 0 aliphatic carbocycles. The average molecular weight is 273 g/mol. The maximum Gasteiger partial charge on any atom is 0.158 e. The van der Waals surface area contributed by atoms with Gasteiger partial charge in [0.1, 0.15) is 11.9 Å². The lowest BCUT2D eigenvalue weighted by atomic mass is 10.0. The van der Waals surface area contributed by atoms with Crippen molar-refractivity contribution in [3.8, 4) is 6.07 Å². The first-order chi connectivity index (χ1) is 9.22. The molecule has 1 heterocycles. The highest BCUT2D eigenvalue weighted by Crippen LogP contribution is 2.23. The highest BCUT2D eigenvalue weighted by atomic mass is 35.5. The van der Waals surface area contributed by atoms with Gasteiger partial charge in [0.15, 0.2) is 5.69 Å². The Hall–Kier alpha value is -2.12. The van der Waals surface area contributed by atoms with Crippen molar-refractivity contribution in [3.05, 3.63) is 52.9 Å². The van der Waals surface area contributed by atoms with Crippen LogP contribution in [0.2, 0.25) is 5.02 Å². The van der Waals surface area contributed by atoms with Gasteiger partial charge in [-0.25, -0.2) is 9.97 Å². The Morgan fingerprint density at radius 3 is 2.79 bits per heavy atom. The molecule has 0 aliphatic rings. The van der Waals surface area contributed by atoms with Crippen molar-refractivity contribution >= 4 is 17.4 Å². The summed E-state index contributed by atoms with van der Waals surface area (Å²) in [5.74, 6) is 0.644. The van der Waals surface area contributed by atoms with Crippen LogP contribution in [-0.4, -0.2) is 9.97 Å². The van der Waals surface area contributed by atoms with E-state index in [-0.39, 0.29) is 6.04 Å². The third kappa shape index (κ3) is 3.43. The smallest absolute Gasteiger partial charge is 0.158 e. The molecule has 1 atom stereocenters. The van der Waals surface area contributed by atoms with Crippen molar-refractivity contribution in [2.75, 3.05) is 5.32 Å². The fourth-order valence-corrected chi connectivity index (χ4v) is 1.98. The van der Waals surface area contributed by atoms with Gasteiger partial charge in [0.25, 0.3) is 0 Å². The zero-order chi connectivity index (χ0) is 13.7. The minimum atomic E-state index is 0.112. The van der Waals surface area contributed by atoms with Gasteiger partial charge >= 0.3 is 0 Å². The van der Waals surface area contributed by atoms with Gasteiger partial charge in [-0.2, -0.15) is 5.26 Å². The van der Waals surface area contributed by atoms with Gasteiger partial charge in [0.2, 0.25) is 0 Å².